The third-order valence-corrected chi connectivity index (χ3v) is 2.03. The molecule has 0 bridgehead atoms. The standard InChI is InChI=1S/C11H12F2N2O3/c1-6(4-10(16)17)14-11(18)15-9-5-7(12)2-3-8(9)13/h2-3,5-6H,4H2,1H3,(H,16,17)(H2,14,15,18). The van der Waals surface area contributed by atoms with Gasteiger partial charge in [0.15, 0.2) is 0 Å². The van der Waals surface area contributed by atoms with E-state index < -0.39 is 29.7 Å². The van der Waals surface area contributed by atoms with E-state index in [0.717, 1.165) is 18.2 Å². The average Bonchev–Trinajstić information content (AvgIpc) is 2.21. The van der Waals surface area contributed by atoms with Crippen LogP contribution in [0.5, 0.6) is 0 Å². The Morgan fingerprint density at radius 3 is 2.67 bits per heavy atom. The largest absolute Gasteiger partial charge is 0.481 e. The van der Waals surface area contributed by atoms with Crippen molar-refractivity contribution >= 4 is 17.7 Å². The Morgan fingerprint density at radius 1 is 1.39 bits per heavy atom. The molecule has 0 saturated carbocycles. The lowest BCUT2D eigenvalue weighted by atomic mass is 10.2. The number of benzene rings is 1. The first kappa shape index (κ1) is 13.9. The highest BCUT2D eigenvalue weighted by atomic mass is 19.1. The summed E-state index contributed by atoms with van der Waals surface area (Å²) in [5, 5.41) is 12.9. The molecule has 0 aliphatic carbocycles. The number of nitrogens with one attached hydrogen (secondary N) is 2. The molecule has 0 aliphatic rings. The summed E-state index contributed by atoms with van der Waals surface area (Å²) in [5.74, 6) is -2.54. The van der Waals surface area contributed by atoms with E-state index >= 15 is 0 Å². The molecule has 0 heterocycles. The average molecular weight is 258 g/mol. The van der Waals surface area contributed by atoms with Gasteiger partial charge in [-0.1, -0.05) is 0 Å². The Hall–Kier alpha value is -2.18. The van der Waals surface area contributed by atoms with Crippen molar-refractivity contribution in [2.24, 2.45) is 0 Å². The number of carbonyl (C=O) groups excluding carboxylic acids is 1. The van der Waals surface area contributed by atoms with Gasteiger partial charge in [-0.3, -0.25) is 4.79 Å². The third kappa shape index (κ3) is 4.36. The normalized spacial score (nSPS) is 11.7. The summed E-state index contributed by atoms with van der Waals surface area (Å²) in [5.41, 5.74) is -0.310. The number of halogens is 2. The second-order valence-corrected chi connectivity index (χ2v) is 3.72. The number of amides is 2. The number of hydrogen-bond acceptors (Lipinski definition) is 2. The Balaban J connectivity index is 2.59. The molecule has 0 saturated heterocycles. The number of aliphatic carboxylic acids is 1. The summed E-state index contributed by atoms with van der Waals surface area (Å²) in [6, 6.07) is 1.21. The van der Waals surface area contributed by atoms with Crippen LogP contribution in [0.4, 0.5) is 19.3 Å². The van der Waals surface area contributed by atoms with Crippen LogP contribution in [0.15, 0.2) is 18.2 Å². The molecule has 1 aromatic carbocycles. The Morgan fingerprint density at radius 2 is 2.06 bits per heavy atom. The third-order valence-electron chi connectivity index (χ3n) is 2.03. The highest BCUT2D eigenvalue weighted by Gasteiger charge is 2.12. The number of anilines is 1. The molecule has 1 atom stereocenters. The van der Waals surface area contributed by atoms with Gasteiger partial charge in [0, 0.05) is 12.1 Å². The molecule has 1 unspecified atom stereocenters. The van der Waals surface area contributed by atoms with Gasteiger partial charge in [-0.25, -0.2) is 13.6 Å². The Bertz CT molecular complexity index is 466. The summed E-state index contributed by atoms with van der Waals surface area (Å²) >= 11 is 0. The van der Waals surface area contributed by atoms with Crippen LogP contribution in [0.25, 0.3) is 0 Å². The molecule has 7 heteroatoms. The maximum atomic E-state index is 13.2. The fourth-order valence-electron chi connectivity index (χ4n) is 1.29. The van der Waals surface area contributed by atoms with Crippen LogP contribution >= 0.6 is 0 Å². The maximum Gasteiger partial charge on any atom is 0.319 e. The van der Waals surface area contributed by atoms with Crippen molar-refractivity contribution in [1.82, 2.24) is 5.32 Å². The summed E-state index contributed by atoms with van der Waals surface area (Å²) in [6.45, 7) is 1.48. The summed E-state index contributed by atoms with van der Waals surface area (Å²) in [7, 11) is 0. The first-order valence-electron chi connectivity index (χ1n) is 5.13. The predicted octanol–water partition coefficient (Wildman–Crippen LogP) is 1.95. The minimum atomic E-state index is -1.07. The zero-order chi connectivity index (χ0) is 13.7. The van der Waals surface area contributed by atoms with Crippen LogP contribution in [-0.2, 0) is 4.79 Å². The molecule has 1 aromatic rings. The van der Waals surface area contributed by atoms with E-state index in [1.54, 1.807) is 0 Å². The molecule has 1 rings (SSSR count). The molecule has 0 aromatic heterocycles. The van der Waals surface area contributed by atoms with Crippen LogP contribution in [0.2, 0.25) is 0 Å². The Kier molecular flexibility index (Phi) is 4.59. The lowest BCUT2D eigenvalue weighted by Gasteiger charge is -2.13. The van der Waals surface area contributed by atoms with Crippen molar-refractivity contribution in [1.29, 1.82) is 0 Å². The van der Waals surface area contributed by atoms with Gasteiger partial charge < -0.3 is 15.7 Å². The molecule has 0 radical (unpaired) electrons. The van der Waals surface area contributed by atoms with E-state index in [4.69, 9.17) is 5.11 Å². The van der Waals surface area contributed by atoms with Crippen LogP contribution < -0.4 is 10.6 Å². The number of hydrogen-bond donors (Lipinski definition) is 3. The number of carboxylic acids is 1. The fraction of sp³-hybridized carbons (Fsp3) is 0.273. The molecular weight excluding hydrogens is 246 g/mol. The quantitative estimate of drug-likeness (QED) is 0.772. The molecule has 0 spiro atoms. The summed E-state index contributed by atoms with van der Waals surface area (Å²) in [6.07, 6.45) is -0.265. The molecule has 98 valence electrons. The van der Waals surface area contributed by atoms with Crippen LogP contribution in [0.3, 0.4) is 0 Å². The van der Waals surface area contributed by atoms with Crippen molar-refractivity contribution in [2.75, 3.05) is 5.32 Å². The molecule has 2 amide bonds. The van der Waals surface area contributed by atoms with Gasteiger partial charge in [-0.15, -0.1) is 0 Å². The van der Waals surface area contributed by atoms with E-state index in [1.807, 2.05) is 0 Å². The van der Waals surface area contributed by atoms with Gasteiger partial charge in [-0.2, -0.15) is 0 Å². The fourth-order valence-corrected chi connectivity index (χ4v) is 1.29. The van der Waals surface area contributed by atoms with Gasteiger partial charge in [0.1, 0.15) is 11.6 Å². The van der Waals surface area contributed by atoms with Crippen molar-refractivity contribution in [2.45, 2.75) is 19.4 Å². The molecule has 0 fully saturated rings. The summed E-state index contributed by atoms with van der Waals surface area (Å²) < 4.78 is 26.0. The van der Waals surface area contributed by atoms with Crippen LogP contribution in [0.1, 0.15) is 13.3 Å². The van der Waals surface area contributed by atoms with Gasteiger partial charge in [0.05, 0.1) is 12.1 Å². The number of urea groups is 1. The first-order valence-corrected chi connectivity index (χ1v) is 5.13. The van der Waals surface area contributed by atoms with E-state index in [-0.39, 0.29) is 12.1 Å². The zero-order valence-electron chi connectivity index (χ0n) is 9.54. The van der Waals surface area contributed by atoms with Crippen LogP contribution in [-0.4, -0.2) is 23.1 Å². The van der Waals surface area contributed by atoms with E-state index in [0.29, 0.717) is 0 Å². The topological polar surface area (TPSA) is 78.4 Å². The smallest absolute Gasteiger partial charge is 0.319 e. The monoisotopic (exact) mass is 258 g/mol. The molecule has 5 nitrogen and oxygen atoms in total. The Labute approximate surface area is 102 Å². The predicted molar refractivity (Wildman–Crippen MR) is 60.2 cm³/mol. The SMILES string of the molecule is CC(CC(=O)O)NC(=O)Nc1cc(F)ccc1F. The second-order valence-electron chi connectivity index (χ2n) is 3.72. The lowest BCUT2D eigenvalue weighted by molar-refractivity contribution is -0.137. The molecule has 3 N–H and O–H groups in total. The van der Waals surface area contributed by atoms with Crippen molar-refractivity contribution in [3.8, 4) is 0 Å². The maximum absolute atomic E-state index is 13.2. The van der Waals surface area contributed by atoms with Crippen molar-refractivity contribution < 1.29 is 23.5 Å². The minimum absolute atomic E-state index is 0.265. The van der Waals surface area contributed by atoms with E-state index in [1.165, 1.54) is 6.92 Å². The van der Waals surface area contributed by atoms with E-state index in [9.17, 15) is 18.4 Å². The van der Waals surface area contributed by atoms with Gasteiger partial charge in [0.25, 0.3) is 0 Å². The lowest BCUT2D eigenvalue weighted by Crippen LogP contribution is -2.37. The van der Waals surface area contributed by atoms with Gasteiger partial charge in [0.2, 0.25) is 0 Å². The van der Waals surface area contributed by atoms with Crippen LogP contribution in [0, 0.1) is 11.6 Å². The number of rotatable bonds is 4. The second kappa shape index (κ2) is 5.95. The van der Waals surface area contributed by atoms with E-state index in [2.05, 4.69) is 10.6 Å². The number of carbonyl (C=O) groups is 2. The molecule has 18 heavy (non-hydrogen) atoms. The highest BCUT2D eigenvalue weighted by molar-refractivity contribution is 5.89. The van der Waals surface area contributed by atoms with Gasteiger partial charge >= 0.3 is 12.0 Å². The first-order chi connectivity index (χ1) is 8.38. The highest BCUT2D eigenvalue weighted by Crippen LogP contribution is 2.14. The summed E-state index contributed by atoms with van der Waals surface area (Å²) in [4.78, 5) is 21.7. The molecule has 0 aliphatic heterocycles. The van der Waals surface area contributed by atoms with Crippen molar-refractivity contribution in [3.05, 3.63) is 29.8 Å². The van der Waals surface area contributed by atoms with Gasteiger partial charge in [-0.05, 0) is 19.1 Å². The van der Waals surface area contributed by atoms with Crippen molar-refractivity contribution in [3.63, 3.8) is 0 Å². The molecular formula is C11H12F2N2O3. The number of carboxylic acid groups (broad SMARTS) is 1. The minimum Gasteiger partial charge on any atom is -0.481 e. The zero-order valence-corrected chi connectivity index (χ0v) is 9.54.